The third-order valence-electron chi connectivity index (χ3n) is 4.39. The van der Waals surface area contributed by atoms with Gasteiger partial charge >= 0.3 is 0 Å². The summed E-state index contributed by atoms with van der Waals surface area (Å²) in [6.07, 6.45) is 0.480. The first-order valence-corrected chi connectivity index (χ1v) is 8.75. The Labute approximate surface area is 144 Å². The molecule has 4 rings (SSSR count). The Balaban J connectivity index is 1.78. The van der Waals surface area contributed by atoms with Gasteiger partial charge in [0.25, 0.3) is 0 Å². The monoisotopic (exact) mass is 335 g/mol. The third kappa shape index (κ3) is 2.59. The minimum absolute atomic E-state index is 0.0684. The molecule has 1 atom stereocenters. The Hall–Kier alpha value is -2.59. The average molecular weight is 335 g/mol. The first kappa shape index (κ1) is 15.0. The van der Waals surface area contributed by atoms with E-state index in [-0.39, 0.29) is 11.8 Å². The maximum absolute atomic E-state index is 12.3. The largest absolute Gasteiger partial charge is 0.497 e. The molecule has 0 unspecified atom stereocenters. The summed E-state index contributed by atoms with van der Waals surface area (Å²) >= 11 is 1.72. The molecular formula is C20H17NO2S. The van der Waals surface area contributed by atoms with Crippen LogP contribution in [0.25, 0.3) is 11.1 Å². The lowest BCUT2D eigenvalue weighted by Gasteiger charge is -2.24. The van der Waals surface area contributed by atoms with E-state index in [0.29, 0.717) is 6.42 Å². The minimum atomic E-state index is 0.0684. The van der Waals surface area contributed by atoms with Crippen LogP contribution in [0.1, 0.15) is 22.8 Å². The molecule has 0 radical (unpaired) electrons. The molecule has 0 saturated heterocycles. The number of methoxy groups -OCH3 is 1. The van der Waals surface area contributed by atoms with Gasteiger partial charge in [-0.05, 0) is 23.3 Å². The molecule has 120 valence electrons. The molecule has 0 saturated carbocycles. The quantitative estimate of drug-likeness (QED) is 0.739. The van der Waals surface area contributed by atoms with Crippen molar-refractivity contribution in [2.45, 2.75) is 12.3 Å². The first-order chi connectivity index (χ1) is 11.8. The van der Waals surface area contributed by atoms with E-state index in [4.69, 9.17) is 4.74 Å². The highest BCUT2D eigenvalue weighted by Gasteiger charge is 2.30. The summed E-state index contributed by atoms with van der Waals surface area (Å²) in [4.78, 5) is 13.5. The van der Waals surface area contributed by atoms with E-state index in [0.717, 1.165) is 28.1 Å². The van der Waals surface area contributed by atoms with E-state index >= 15 is 0 Å². The topological polar surface area (TPSA) is 38.3 Å². The summed E-state index contributed by atoms with van der Waals surface area (Å²) in [5.41, 5.74) is 4.34. The van der Waals surface area contributed by atoms with Gasteiger partial charge in [0.1, 0.15) is 5.75 Å². The van der Waals surface area contributed by atoms with Crippen LogP contribution in [-0.2, 0) is 4.79 Å². The van der Waals surface area contributed by atoms with Gasteiger partial charge in [-0.15, -0.1) is 11.3 Å². The minimum Gasteiger partial charge on any atom is -0.497 e. The number of rotatable bonds is 3. The molecule has 4 heteroatoms. The van der Waals surface area contributed by atoms with E-state index in [9.17, 15) is 4.79 Å². The van der Waals surface area contributed by atoms with Crippen LogP contribution in [-0.4, -0.2) is 13.0 Å². The van der Waals surface area contributed by atoms with Crippen molar-refractivity contribution in [3.8, 4) is 16.9 Å². The lowest BCUT2D eigenvalue weighted by Crippen LogP contribution is -2.22. The second-order valence-corrected chi connectivity index (χ2v) is 6.74. The van der Waals surface area contributed by atoms with E-state index in [2.05, 4.69) is 22.8 Å². The second-order valence-electron chi connectivity index (χ2n) is 5.83. The molecule has 0 aliphatic carbocycles. The van der Waals surface area contributed by atoms with Gasteiger partial charge in [0.15, 0.2) is 0 Å². The Morgan fingerprint density at radius 1 is 1.08 bits per heavy atom. The maximum Gasteiger partial charge on any atom is 0.225 e. The van der Waals surface area contributed by atoms with Crippen molar-refractivity contribution in [3.63, 3.8) is 0 Å². The SMILES string of the molecule is COc1ccc([C@H]2CC(=O)Nc3c(-c4ccccc4)csc32)cc1. The van der Waals surface area contributed by atoms with Crippen molar-refractivity contribution in [1.29, 1.82) is 0 Å². The number of ether oxygens (including phenoxy) is 1. The molecule has 2 aromatic carbocycles. The molecule has 3 aromatic rings. The summed E-state index contributed by atoms with van der Waals surface area (Å²) in [5.74, 6) is 0.997. The fourth-order valence-electron chi connectivity index (χ4n) is 3.16. The number of anilines is 1. The average Bonchev–Trinajstić information content (AvgIpc) is 3.05. The van der Waals surface area contributed by atoms with Gasteiger partial charge in [0, 0.05) is 28.2 Å². The number of thiophene rings is 1. The molecule has 0 bridgehead atoms. The van der Waals surface area contributed by atoms with E-state index < -0.39 is 0 Å². The second kappa shape index (κ2) is 6.13. The Morgan fingerprint density at radius 2 is 1.83 bits per heavy atom. The molecule has 0 fully saturated rings. The number of hydrogen-bond acceptors (Lipinski definition) is 3. The van der Waals surface area contributed by atoms with Crippen molar-refractivity contribution >= 4 is 22.9 Å². The van der Waals surface area contributed by atoms with Gasteiger partial charge in [0.2, 0.25) is 5.91 Å². The molecule has 0 spiro atoms. The normalized spacial score (nSPS) is 16.4. The molecule has 1 amide bonds. The Morgan fingerprint density at radius 3 is 2.54 bits per heavy atom. The predicted octanol–water partition coefficient (Wildman–Crippen LogP) is 4.90. The number of carbonyl (C=O) groups is 1. The molecule has 24 heavy (non-hydrogen) atoms. The van der Waals surface area contributed by atoms with Crippen LogP contribution in [0.5, 0.6) is 5.75 Å². The van der Waals surface area contributed by atoms with Gasteiger partial charge in [-0.1, -0.05) is 42.5 Å². The van der Waals surface area contributed by atoms with Gasteiger partial charge in [0.05, 0.1) is 12.8 Å². The zero-order valence-corrected chi connectivity index (χ0v) is 14.1. The smallest absolute Gasteiger partial charge is 0.225 e. The molecule has 1 aliphatic heterocycles. The Bertz CT molecular complexity index is 868. The van der Waals surface area contributed by atoms with Crippen molar-refractivity contribution in [3.05, 3.63) is 70.4 Å². The van der Waals surface area contributed by atoms with Crippen LogP contribution in [0, 0.1) is 0 Å². The van der Waals surface area contributed by atoms with Crippen LogP contribution in [0.3, 0.4) is 0 Å². The van der Waals surface area contributed by atoms with Gasteiger partial charge in [-0.2, -0.15) is 0 Å². The Kier molecular flexibility index (Phi) is 3.82. The van der Waals surface area contributed by atoms with E-state index in [1.165, 1.54) is 4.88 Å². The summed E-state index contributed by atoms with van der Waals surface area (Å²) in [6.45, 7) is 0. The summed E-state index contributed by atoms with van der Waals surface area (Å²) in [6, 6.07) is 18.2. The van der Waals surface area contributed by atoms with E-state index in [1.54, 1.807) is 18.4 Å². The highest BCUT2D eigenvalue weighted by Crippen LogP contribution is 2.46. The predicted molar refractivity (Wildman–Crippen MR) is 97.8 cm³/mol. The zero-order valence-electron chi connectivity index (χ0n) is 13.3. The number of nitrogens with one attached hydrogen (secondary N) is 1. The fraction of sp³-hybridized carbons (Fsp3) is 0.150. The van der Waals surface area contributed by atoms with Crippen molar-refractivity contribution in [2.75, 3.05) is 12.4 Å². The molecule has 2 heterocycles. The zero-order chi connectivity index (χ0) is 16.5. The van der Waals surface area contributed by atoms with Gasteiger partial charge in [-0.3, -0.25) is 4.79 Å². The molecule has 3 nitrogen and oxygen atoms in total. The fourth-order valence-corrected chi connectivity index (χ4v) is 4.32. The number of hydrogen-bond donors (Lipinski definition) is 1. The van der Waals surface area contributed by atoms with Gasteiger partial charge in [-0.25, -0.2) is 0 Å². The van der Waals surface area contributed by atoms with Crippen molar-refractivity contribution in [1.82, 2.24) is 0 Å². The first-order valence-electron chi connectivity index (χ1n) is 7.87. The standard InChI is InChI=1S/C20H17NO2S/c1-23-15-9-7-14(8-10-15)16-11-18(22)21-19-17(12-24-20(16)19)13-5-3-2-4-6-13/h2-10,12,16H,11H2,1H3,(H,21,22)/t16-/m1/s1. The summed E-state index contributed by atoms with van der Waals surface area (Å²) in [5, 5.41) is 5.22. The number of benzene rings is 2. The number of amides is 1. The number of fused-ring (bicyclic) bond motifs is 1. The lowest BCUT2D eigenvalue weighted by atomic mass is 9.89. The maximum atomic E-state index is 12.3. The van der Waals surface area contributed by atoms with Crippen LogP contribution in [0.2, 0.25) is 0 Å². The molecule has 1 aliphatic rings. The highest BCUT2D eigenvalue weighted by molar-refractivity contribution is 7.11. The number of carbonyl (C=O) groups excluding carboxylic acids is 1. The van der Waals surface area contributed by atoms with Crippen LogP contribution < -0.4 is 10.1 Å². The van der Waals surface area contributed by atoms with Crippen molar-refractivity contribution < 1.29 is 9.53 Å². The summed E-state index contributed by atoms with van der Waals surface area (Å²) < 4.78 is 5.23. The summed E-state index contributed by atoms with van der Waals surface area (Å²) in [7, 11) is 1.66. The molecule has 1 N–H and O–H groups in total. The lowest BCUT2D eigenvalue weighted by molar-refractivity contribution is -0.116. The van der Waals surface area contributed by atoms with E-state index in [1.807, 2.05) is 42.5 Å². The molecular weight excluding hydrogens is 318 g/mol. The highest BCUT2D eigenvalue weighted by atomic mass is 32.1. The van der Waals surface area contributed by atoms with Crippen LogP contribution in [0.4, 0.5) is 5.69 Å². The van der Waals surface area contributed by atoms with Crippen molar-refractivity contribution in [2.24, 2.45) is 0 Å². The molecule has 1 aromatic heterocycles. The van der Waals surface area contributed by atoms with Gasteiger partial charge < -0.3 is 10.1 Å². The van der Waals surface area contributed by atoms with Crippen LogP contribution >= 0.6 is 11.3 Å². The van der Waals surface area contributed by atoms with Crippen LogP contribution in [0.15, 0.2) is 60.0 Å². The third-order valence-corrected chi connectivity index (χ3v) is 5.49.